The van der Waals surface area contributed by atoms with E-state index in [2.05, 4.69) is 8.75 Å². The molecule has 1 heterocycles. The molecule has 1 aromatic heterocycles. The number of aromatic nitrogens is 2. The summed E-state index contributed by atoms with van der Waals surface area (Å²) in [4.78, 5) is 0. The Labute approximate surface area is 89.4 Å². The van der Waals surface area contributed by atoms with E-state index in [0.717, 1.165) is 11.7 Å². The Morgan fingerprint density at radius 1 is 0.867 bits per heavy atom. The van der Waals surface area contributed by atoms with E-state index in [-0.39, 0.29) is 22.0 Å². The quantitative estimate of drug-likeness (QED) is 0.406. The van der Waals surface area contributed by atoms with Crippen molar-refractivity contribution in [3.05, 3.63) is 12.1 Å². The molecule has 0 unspecified atom stereocenters. The zero-order chi connectivity index (χ0) is 11.0. The highest BCUT2D eigenvalue weighted by Gasteiger charge is 2.23. The SMILES string of the molecule is OB(O)c1ccc(B(O)O)c2nsnc12. The van der Waals surface area contributed by atoms with Crippen molar-refractivity contribution in [3.63, 3.8) is 0 Å². The first-order valence-electron chi connectivity index (χ1n) is 4.08. The molecule has 0 fully saturated rings. The van der Waals surface area contributed by atoms with Crippen LogP contribution >= 0.6 is 11.7 Å². The van der Waals surface area contributed by atoms with E-state index < -0.39 is 14.2 Å². The molecule has 6 nitrogen and oxygen atoms in total. The van der Waals surface area contributed by atoms with Gasteiger partial charge in [0.1, 0.15) is 11.0 Å². The third-order valence-electron chi connectivity index (χ3n) is 2.03. The van der Waals surface area contributed by atoms with Crippen LogP contribution in [0.3, 0.4) is 0 Å². The van der Waals surface area contributed by atoms with Crippen LogP contribution in [0.2, 0.25) is 0 Å². The van der Waals surface area contributed by atoms with Gasteiger partial charge in [-0.1, -0.05) is 12.1 Å². The third-order valence-corrected chi connectivity index (χ3v) is 2.56. The van der Waals surface area contributed by atoms with Crippen molar-refractivity contribution in [3.8, 4) is 0 Å². The fraction of sp³-hybridized carbons (Fsp3) is 0. The maximum atomic E-state index is 9.04. The molecule has 0 saturated carbocycles. The molecule has 0 aliphatic carbocycles. The highest BCUT2D eigenvalue weighted by atomic mass is 32.1. The molecule has 2 aromatic rings. The lowest BCUT2D eigenvalue weighted by Crippen LogP contribution is -2.36. The van der Waals surface area contributed by atoms with Gasteiger partial charge in [-0.25, -0.2) is 0 Å². The molecule has 0 aliphatic heterocycles. The van der Waals surface area contributed by atoms with Crippen LogP contribution < -0.4 is 10.9 Å². The van der Waals surface area contributed by atoms with Gasteiger partial charge >= 0.3 is 14.2 Å². The second-order valence-corrected chi connectivity index (χ2v) is 3.48. The van der Waals surface area contributed by atoms with Crippen molar-refractivity contribution < 1.29 is 20.1 Å². The number of benzene rings is 1. The van der Waals surface area contributed by atoms with Gasteiger partial charge in [-0.05, 0) is 0 Å². The van der Waals surface area contributed by atoms with Crippen LogP contribution in [-0.2, 0) is 0 Å². The highest BCUT2D eigenvalue weighted by molar-refractivity contribution is 7.00. The predicted molar refractivity (Wildman–Crippen MR) is 57.1 cm³/mol. The highest BCUT2D eigenvalue weighted by Crippen LogP contribution is 2.07. The van der Waals surface area contributed by atoms with Crippen LogP contribution in [0.4, 0.5) is 0 Å². The minimum Gasteiger partial charge on any atom is -0.423 e. The predicted octanol–water partition coefficient (Wildman–Crippen LogP) is -2.95. The summed E-state index contributed by atoms with van der Waals surface area (Å²) in [5.41, 5.74) is 0.951. The Kier molecular flexibility index (Phi) is 2.72. The number of nitrogens with zero attached hydrogens (tertiary/aromatic N) is 2. The lowest BCUT2D eigenvalue weighted by Gasteiger charge is -2.03. The minimum absolute atomic E-state index is 0.197. The van der Waals surface area contributed by atoms with E-state index in [9.17, 15) is 0 Å². The lowest BCUT2D eigenvalue weighted by molar-refractivity contribution is 0.424. The standard InChI is InChI=1S/C6H6B2N2O4S/c11-7(12)3-1-2-4(8(13)14)6-5(3)9-15-10-6/h1-2,11-14H. The largest absolute Gasteiger partial charge is 0.490 e. The molecule has 0 radical (unpaired) electrons. The van der Waals surface area contributed by atoms with E-state index in [1.807, 2.05) is 0 Å². The average Bonchev–Trinajstić information content (AvgIpc) is 2.63. The molecule has 0 spiro atoms. The first-order chi connectivity index (χ1) is 7.11. The molecule has 0 bridgehead atoms. The normalized spacial score (nSPS) is 10.7. The van der Waals surface area contributed by atoms with Gasteiger partial charge in [-0.15, -0.1) is 0 Å². The summed E-state index contributed by atoms with van der Waals surface area (Å²) in [5, 5.41) is 36.1. The molecule has 4 N–H and O–H groups in total. The Balaban J connectivity index is 2.71. The zero-order valence-electron chi connectivity index (χ0n) is 7.40. The first-order valence-corrected chi connectivity index (χ1v) is 4.81. The van der Waals surface area contributed by atoms with Gasteiger partial charge in [0.15, 0.2) is 0 Å². The molecule has 9 heteroatoms. The van der Waals surface area contributed by atoms with Crippen LogP contribution in [0.25, 0.3) is 11.0 Å². The lowest BCUT2D eigenvalue weighted by atomic mass is 9.73. The molecular weight excluding hydrogens is 218 g/mol. The second-order valence-electron chi connectivity index (χ2n) is 2.95. The van der Waals surface area contributed by atoms with Crippen molar-refractivity contribution in [2.45, 2.75) is 0 Å². The Bertz CT molecular complexity index is 447. The van der Waals surface area contributed by atoms with Crippen molar-refractivity contribution in [1.29, 1.82) is 0 Å². The summed E-state index contributed by atoms with van der Waals surface area (Å²) >= 11 is 0.872. The van der Waals surface area contributed by atoms with Gasteiger partial charge < -0.3 is 20.1 Å². The average molecular weight is 224 g/mol. The zero-order valence-corrected chi connectivity index (χ0v) is 8.22. The smallest absolute Gasteiger partial charge is 0.423 e. The van der Waals surface area contributed by atoms with Crippen LogP contribution in [-0.4, -0.2) is 43.1 Å². The topological polar surface area (TPSA) is 107 Å². The van der Waals surface area contributed by atoms with Crippen LogP contribution in [0.5, 0.6) is 0 Å². The van der Waals surface area contributed by atoms with Gasteiger partial charge in [0.05, 0.1) is 11.7 Å². The monoisotopic (exact) mass is 224 g/mol. The van der Waals surface area contributed by atoms with E-state index in [4.69, 9.17) is 20.1 Å². The molecular formula is C6H6B2N2O4S. The van der Waals surface area contributed by atoms with Gasteiger partial charge in [0, 0.05) is 10.9 Å². The van der Waals surface area contributed by atoms with Gasteiger partial charge in [-0.2, -0.15) is 8.75 Å². The summed E-state index contributed by atoms with van der Waals surface area (Å²) in [6.45, 7) is 0. The Morgan fingerprint density at radius 3 is 1.60 bits per heavy atom. The van der Waals surface area contributed by atoms with Crippen molar-refractivity contribution >= 4 is 47.9 Å². The summed E-state index contributed by atoms with van der Waals surface area (Å²) in [7, 11) is -3.30. The number of fused-ring (bicyclic) bond motifs is 1. The van der Waals surface area contributed by atoms with E-state index in [1.165, 1.54) is 12.1 Å². The minimum atomic E-state index is -1.65. The third kappa shape index (κ3) is 1.75. The number of hydrogen-bond donors (Lipinski definition) is 4. The summed E-state index contributed by atoms with van der Waals surface area (Å²) in [6.07, 6.45) is 0. The summed E-state index contributed by atoms with van der Waals surface area (Å²) < 4.78 is 7.74. The maximum Gasteiger partial charge on any atom is 0.490 e. The maximum absolute atomic E-state index is 9.04. The van der Waals surface area contributed by atoms with E-state index >= 15 is 0 Å². The van der Waals surface area contributed by atoms with Crippen LogP contribution in [0.15, 0.2) is 12.1 Å². The molecule has 0 atom stereocenters. The van der Waals surface area contributed by atoms with E-state index in [1.54, 1.807) is 0 Å². The molecule has 2 rings (SSSR count). The molecule has 0 aliphatic rings. The van der Waals surface area contributed by atoms with Crippen LogP contribution in [0.1, 0.15) is 0 Å². The molecule has 1 aromatic carbocycles. The Morgan fingerprint density at radius 2 is 1.27 bits per heavy atom. The fourth-order valence-corrected chi connectivity index (χ4v) is 1.91. The first kappa shape index (κ1) is 10.5. The van der Waals surface area contributed by atoms with Gasteiger partial charge in [0.25, 0.3) is 0 Å². The van der Waals surface area contributed by atoms with Crippen molar-refractivity contribution in [2.75, 3.05) is 0 Å². The van der Waals surface area contributed by atoms with Crippen LogP contribution in [0, 0.1) is 0 Å². The Hall–Kier alpha value is -0.990. The second kappa shape index (κ2) is 3.87. The van der Waals surface area contributed by atoms with Crippen molar-refractivity contribution in [1.82, 2.24) is 8.75 Å². The summed E-state index contributed by atoms with van der Waals surface area (Å²) in [6, 6.07) is 2.76. The summed E-state index contributed by atoms with van der Waals surface area (Å²) in [5.74, 6) is 0. The van der Waals surface area contributed by atoms with Gasteiger partial charge in [-0.3, -0.25) is 0 Å². The number of hydrogen-bond acceptors (Lipinski definition) is 7. The van der Waals surface area contributed by atoms with Crippen molar-refractivity contribution in [2.24, 2.45) is 0 Å². The molecule has 76 valence electrons. The molecule has 0 amide bonds. The molecule has 0 saturated heterocycles. The van der Waals surface area contributed by atoms with E-state index in [0.29, 0.717) is 0 Å². The molecule has 15 heavy (non-hydrogen) atoms. The number of rotatable bonds is 2. The fourth-order valence-electron chi connectivity index (χ4n) is 1.32. The van der Waals surface area contributed by atoms with Gasteiger partial charge in [0.2, 0.25) is 0 Å².